The molecule has 33 heavy (non-hydrogen) atoms. The number of ether oxygens (including phenoxy) is 1. The summed E-state index contributed by atoms with van der Waals surface area (Å²) in [5.74, 6) is -0.684. The number of nitrogens with one attached hydrogen (secondary N) is 1. The van der Waals surface area contributed by atoms with Gasteiger partial charge in [-0.15, -0.1) is 0 Å². The minimum Gasteiger partial charge on any atom is -0.452 e. The molecule has 1 aromatic heterocycles. The van der Waals surface area contributed by atoms with Gasteiger partial charge in [-0.3, -0.25) is 4.79 Å². The van der Waals surface area contributed by atoms with Crippen molar-refractivity contribution in [3.8, 4) is 11.5 Å². The zero-order chi connectivity index (χ0) is 22.8. The first kappa shape index (κ1) is 20.7. The zero-order valence-electron chi connectivity index (χ0n) is 17.2. The molecule has 5 aromatic rings. The molecule has 0 fully saturated rings. The Labute approximate surface area is 193 Å². The number of carbonyl (C=O) groups is 2. The summed E-state index contributed by atoms with van der Waals surface area (Å²) in [4.78, 5) is 29.8. The lowest BCUT2D eigenvalue weighted by atomic mass is 9.99. The van der Waals surface area contributed by atoms with Crippen molar-refractivity contribution in [2.75, 3.05) is 11.9 Å². The number of hydrogen-bond acceptors (Lipinski definition) is 5. The minimum absolute atomic E-state index is 0.320. The molecule has 0 aliphatic heterocycles. The molecule has 0 aliphatic rings. The van der Waals surface area contributed by atoms with Crippen LogP contribution in [0.3, 0.4) is 0 Å². The monoisotopic (exact) mass is 456 g/mol. The van der Waals surface area contributed by atoms with Crippen molar-refractivity contribution in [2.24, 2.45) is 0 Å². The molecule has 0 radical (unpaired) electrons. The van der Waals surface area contributed by atoms with Gasteiger partial charge in [0, 0.05) is 21.7 Å². The third kappa shape index (κ3) is 4.29. The van der Waals surface area contributed by atoms with Gasteiger partial charge in [0.15, 0.2) is 12.2 Å². The van der Waals surface area contributed by atoms with Crippen LogP contribution in [0.4, 0.5) is 5.69 Å². The number of oxazole rings is 1. The standard InChI is InChI=1S/C26H17ClN2O4/c27-17-8-5-9-18(14-17)28-23(30)15-32-26(31)20-11-4-7-16-6-3-10-19(24(16)20)25-29-21-12-1-2-13-22(21)33-25/h1-14H,15H2,(H,28,30). The smallest absolute Gasteiger partial charge is 0.339 e. The lowest BCUT2D eigenvalue weighted by Gasteiger charge is -2.10. The van der Waals surface area contributed by atoms with Crippen molar-refractivity contribution < 1.29 is 18.7 Å². The predicted molar refractivity (Wildman–Crippen MR) is 127 cm³/mol. The minimum atomic E-state index is -0.620. The molecule has 1 heterocycles. The highest BCUT2D eigenvalue weighted by molar-refractivity contribution is 6.30. The van der Waals surface area contributed by atoms with E-state index >= 15 is 0 Å². The summed E-state index contributed by atoms with van der Waals surface area (Å²) in [5.41, 5.74) is 2.89. The molecule has 0 atom stereocenters. The van der Waals surface area contributed by atoms with Gasteiger partial charge < -0.3 is 14.5 Å². The second-order valence-corrected chi connectivity index (χ2v) is 7.77. The van der Waals surface area contributed by atoms with Crippen molar-refractivity contribution in [1.29, 1.82) is 0 Å². The van der Waals surface area contributed by atoms with Gasteiger partial charge in [-0.25, -0.2) is 9.78 Å². The Bertz CT molecular complexity index is 1470. The second-order valence-electron chi connectivity index (χ2n) is 7.33. The molecule has 4 aromatic carbocycles. The van der Waals surface area contributed by atoms with Crippen LogP contribution in [-0.2, 0) is 9.53 Å². The van der Waals surface area contributed by atoms with Gasteiger partial charge in [0.05, 0.1) is 5.56 Å². The van der Waals surface area contributed by atoms with Crippen molar-refractivity contribution >= 4 is 51.0 Å². The van der Waals surface area contributed by atoms with Gasteiger partial charge in [0.2, 0.25) is 5.89 Å². The molecule has 162 valence electrons. The maximum Gasteiger partial charge on any atom is 0.339 e. The summed E-state index contributed by atoms with van der Waals surface area (Å²) in [6.45, 7) is -0.438. The van der Waals surface area contributed by atoms with Gasteiger partial charge in [-0.05, 0) is 47.9 Å². The van der Waals surface area contributed by atoms with Crippen LogP contribution in [0.15, 0.2) is 89.3 Å². The van der Waals surface area contributed by atoms with E-state index < -0.39 is 18.5 Å². The Balaban J connectivity index is 1.43. The average Bonchev–Trinajstić information content (AvgIpc) is 3.26. The topological polar surface area (TPSA) is 81.4 Å². The van der Waals surface area contributed by atoms with Crippen molar-refractivity contribution in [3.63, 3.8) is 0 Å². The Morgan fingerprint density at radius 2 is 1.73 bits per heavy atom. The molecular formula is C26H17ClN2O4. The molecule has 5 rings (SSSR count). The molecule has 7 heteroatoms. The summed E-state index contributed by atoms with van der Waals surface area (Å²) < 4.78 is 11.2. The first-order valence-electron chi connectivity index (χ1n) is 10.2. The molecule has 0 unspecified atom stereocenters. The number of rotatable bonds is 5. The van der Waals surface area contributed by atoms with Crippen LogP contribution >= 0.6 is 11.6 Å². The average molecular weight is 457 g/mol. The molecule has 0 spiro atoms. The van der Waals surface area contributed by atoms with E-state index in [1.54, 1.807) is 36.4 Å². The second kappa shape index (κ2) is 8.76. The zero-order valence-corrected chi connectivity index (χ0v) is 18.0. The van der Waals surface area contributed by atoms with Crippen LogP contribution in [0.1, 0.15) is 10.4 Å². The Kier molecular flexibility index (Phi) is 5.50. The molecule has 1 amide bonds. The fourth-order valence-corrected chi connectivity index (χ4v) is 3.84. The van der Waals surface area contributed by atoms with Gasteiger partial charge >= 0.3 is 5.97 Å². The first-order valence-corrected chi connectivity index (χ1v) is 10.6. The Morgan fingerprint density at radius 1 is 0.939 bits per heavy atom. The van der Waals surface area contributed by atoms with Crippen molar-refractivity contribution in [3.05, 3.63) is 95.5 Å². The maximum absolute atomic E-state index is 13.0. The highest BCUT2D eigenvalue weighted by Crippen LogP contribution is 2.33. The quantitative estimate of drug-likeness (QED) is 0.323. The fourth-order valence-electron chi connectivity index (χ4n) is 3.65. The van der Waals surface area contributed by atoms with Gasteiger partial charge in [0.25, 0.3) is 5.91 Å². The number of para-hydroxylation sites is 2. The number of hydrogen-bond donors (Lipinski definition) is 1. The van der Waals surface area contributed by atoms with E-state index in [9.17, 15) is 9.59 Å². The number of benzene rings is 4. The molecule has 0 aliphatic carbocycles. The van der Waals surface area contributed by atoms with E-state index in [1.807, 2.05) is 48.5 Å². The molecule has 6 nitrogen and oxygen atoms in total. The number of carbonyl (C=O) groups excluding carboxylic acids is 2. The van der Waals surface area contributed by atoms with Crippen LogP contribution in [0, 0.1) is 0 Å². The Hall–Kier alpha value is -4.16. The van der Waals surface area contributed by atoms with Crippen LogP contribution in [0.5, 0.6) is 0 Å². The van der Waals surface area contributed by atoms with E-state index in [-0.39, 0.29) is 0 Å². The van der Waals surface area contributed by atoms with Crippen LogP contribution in [-0.4, -0.2) is 23.5 Å². The summed E-state index contributed by atoms with van der Waals surface area (Å²) in [5, 5.41) is 4.62. The first-order chi connectivity index (χ1) is 16.1. The van der Waals surface area contributed by atoms with Crippen LogP contribution < -0.4 is 5.32 Å². The fraction of sp³-hybridized carbons (Fsp3) is 0.0385. The predicted octanol–water partition coefficient (Wildman–Crippen LogP) is 6.10. The van der Waals surface area contributed by atoms with Crippen molar-refractivity contribution in [2.45, 2.75) is 0 Å². The normalized spacial score (nSPS) is 10.9. The highest BCUT2D eigenvalue weighted by Gasteiger charge is 2.19. The van der Waals surface area contributed by atoms with Gasteiger partial charge in [0.1, 0.15) is 5.52 Å². The highest BCUT2D eigenvalue weighted by atomic mass is 35.5. The molecule has 0 bridgehead atoms. The van der Waals surface area contributed by atoms with E-state index in [0.29, 0.717) is 38.7 Å². The molecule has 0 saturated carbocycles. The molecule has 1 N–H and O–H groups in total. The summed E-state index contributed by atoms with van der Waals surface area (Å²) in [6.07, 6.45) is 0. The van der Waals surface area contributed by atoms with Crippen LogP contribution in [0.25, 0.3) is 33.3 Å². The summed E-state index contributed by atoms with van der Waals surface area (Å²) >= 11 is 5.93. The number of fused-ring (bicyclic) bond motifs is 2. The van der Waals surface area contributed by atoms with E-state index in [0.717, 1.165) is 10.9 Å². The van der Waals surface area contributed by atoms with E-state index in [4.69, 9.17) is 20.8 Å². The van der Waals surface area contributed by atoms with Gasteiger partial charge in [-0.2, -0.15) is 0 Å². The number of esters is 1. The number of aromatic nitrogens is 1. The van der Waals surface area contributed by atoms with E-state index in [1.165, 1.54) is 0 Å². The number of amides is 1. The lowest BCUT2D eigenvalue weighted by Crippen LogP contribution is -2.21. The number of anilines is 1. The SMILES string of the molecule is O=C(COC(=O)c1cccc2cccc(-c3nc4ccccc4o3)c12)Nc1cccc(Cl)c1. The maximum atomic E-state index is 13.0. The third-order valence-electron chi connectivity index (χ3n) is 5.09. The molecule has 0 saturated heterocycles. The third-order valence-corrected chi connectivity index (χ3v) is 5.33. The number of nitrogens with zero attached hydrogens (tertiary/aromatic N) is 1. The molecular weight excluding hydrogens is 440 g/mol. The Morgan fingerprint density at radius 3 is 2.55 bits per heavy atom. The number of halogens is 1. The van der Waals surface area contributed by atoms with Crippen molar-refractivity contribution in [1.82, 2.24) is 4.98 Å². The van der Waals surface area contributed by atoms with Gasteiger partial charge in [-0.1, -0.05) is 54.1 Å². The largest absolute Gasteiger partial charge is 0.452 e. The summed E-state index contributed by atoms with van der Waals surface area (Å²) in [6, 6.07) is 25.1. The summed E-state index contributed by atoms with van der Waals surface area (Å²) in [7, 11) is 0. The van der Waals surface area contributed by atoms with Crippen LogP contribution in [0.2, 0.25) is 5.02 Å². The van der Waals surface area contributed by atoms with E-state index in [2.05, 4.69) is 10.3 Å². The lowest BCUT2D eigenvalue weighted by molar-refractivity contribution is -0.119.